The third kappa shape index (κ3) is 5.86. The van der Waals surface area contributed by atoms with Crippen LogP contribution in [0.3, 0.4) is 0 Å². The van der Waals surface area contributed by atoms with Gasteiger partial charge in [0, 0.05) is 15.6 Å². The summed E-state index contributed by atoms with van der Waals surface area (Å²) in [5.74, 6) is -0.128. The van der Waals surface area contributed by atoms with E-state index in [1.807, 2.05) is 30.3 Å². The Balaban J connectivity index is 1.79. The van der Waals surface area contributed by atoms with Crippen molar-refractivity contribution in [1.82, 2.24) is 4.57 Å². The molecule has 210 valence electrons. The molecule has 5 rings (SSSR count). The summed E-state index contributed by atoms with van der Waals surface area (Å²) in [5.41, 5.74) is 2.04. The molecule has 0 amide bonds. The van der Waals surface area contributed by atoms with E-state index in [9.17, 15) is 18.4 Å². The van der Waals surface area contributed by atoms with Crippen LogP contribution in [0.4, 0.5) is 8.78 Å². The molecule has 0 radical (unpaired) electrons. The normalized spacial score (nSPS) is 15.0. The smallest absolute Gasteiger partial charge is 0.387 e. The Labute approximate surface area is 245 Å². The maximum absolute atomic E-state index is 14.0. The number of rotatable bonds is 8. The highest BCUT2D eigenvalue weighted by Gasteiger charge is 2.36. The van der Waals surface area contributed by atoms with Crippen LogP contribution in [-0.2, 0) is 9.53 Å². The lowest BCUT2D eigenvalue weighted by molar-refractivity contribution is -0.138. The van der Waals surface area contributed by atoms with Crippen LogP contribution in [-0.4, -0.2) is 30.9 Å². The van der Waals surface area contributed by atoms with Gasteiger partial charge >= 0.3 is 12.6 Å². The Morgan fingerprint density at radius 3 is 2.51 bits per heavy atom. The number of esters is 1. The Morgan fingerprint density at radius 2 is 1.85 bits per heavy atom. The predicted molar refractivity (Wildman–Crippen MR) is 155 cm³/mol. The number of hydrogen-bond donors (Lipinski definition) is 0. The number of ether oxygens (including phenoxy) is 3. The Bertz CT molecular complexity index is 1800. The van der Waals surface area contributed by atoms with Gasteiger partial charge in [0.25, 0.3) is 5.56 Å². The molecule has 0 unspecified atom stereocenters. The molecule has 0 saturated heterocycles. The number of alkyl halides is 2. The zero-order chi connectivity index (χ0) is 29.1. The highest BCUT2D eigenvalue weighted by molar-refractivity contribution is 9.10. The van der Waals surface area contributed by atoms with Crippen LogP contribution >= 0.6 is 27.3 Å². The SMILES string of the molecule is CCOC(=O)C1=C(c2ccccc2)N=c2s/c(=C\c3ccc(OC(F)F)cc3)c(=O)n2[C@@H]1c1cc(Br)ccc1OC. The molecule has 0 N–H and O–H groups in total. The van der Waals surface area contributed by atoms with Crippen LogP contribution in [0.1, 0.15) is 29.7 Å². The Morgan fingerprint density at radius 1 is 1.12 bits per heavy atom. The fourth-order valence-corrected chi connectivity index (χ4v) is 5.93. The van der Waals surface area contributed by atoms with Gasteiger partial charge in [0.1, 0.15) is 17.5 Å². The second-order valence-electron chi connectivity index (χ2n) is 8.77. The van der Waals surface area contributed by atoms with Crippen LogP contribution in [0.5, 0.6) is 11.5 Å². The molecule has 41 heavy (non-hydrogen) atoms. The number of nitrogens with zero attached hydrogens (tertiary/aromatic N) is 2. The maximum atomic E-state index is 14.0. The molecule has 1 aliphatic heterocycles. The second kappa shape index (κ2) is 12.2. The van der Waals surface area contributed by atoms with Gasteiger partial charge < -0.3 is 14.2 Å². The zero-order valence-corrected chi connectivity index (χ0v) is 24.2. The first-order valence-corrected chi connectivity index (χ1v) is 14.1. The average molecular weight is 641 g/mol. The standard InChI is InChI=1S/C30H23BrF2N2O5S/c1-3-39-28(37)24-25(18-7-5-4-6-8-18)34-30-35(26(24)21-16-19(31)11-14-22(21)38-2)27(36)23(41-30)15-17-9-12-20(13-10-17)40-29(32)33/h4-16,26,29H,3H2,1-2H3/b23-15-/t26-/m1/s1. The monoisotopic (exact) mass is 640 g/mol. The van der Waals surface area contributed by atoms with Crippen molar-refractivity contribution >= 4 is 45.0 Å². The molecule has 4 aromatic rings. The summed E-state index contributed by atoms with van der Waals surface area (Å²) in [7, 11) is 1.52. The number of fused-ring (bicyclic) bond motifs is 1. The summed E-state index contributed by atoms with van der Waals surface area (Å²) < 4.78 is 43.2. The lowest BCUT2D eigenvalue weighted by Gasteiger charge is -2.27. The summed E-state index contributed by atoms with van der Waals surface area (Å²) in [6.07, 6.45) is 1.64. The van der Waals surface area contributed by atoms with E-state index in [1.54, 1.807) is 43.3 Å². The van der Waals surface area contributed by atoms with Gasteiger partial charge in [-0.1, -0.05) is 69.7 Å². The fourth-order valence-electron chi connectivity index (χ4n) is 4.55. The largest absolute Gasteiger partial charge is 0.496 e. The molecule has 7 nitrogen and oxygen atoms in total. The quantitative estimate of drug-likeness (QED) is 0.244. The van der Waals surface area contributed by atoms with E-state index in [1.165, 1.54) is 23.8 Å². The van der Waals surface area contributed by atoms with Crippen molar-refractivity contribution in [2.45, 2.75) is 19.6 Å². The summed E-state index contributed by atoms with van der Waals surface area (Å²) in [4.78, 5) is 32.8. The molecule has 2 heterocycles. The number of methoxy groups -OCH3 is 1. The van der Waals surface area contributed by atoms with Gasteiger partial charge in [-0.3, -0.25) is 9.36 Å². The molecule has 0 bridgehead atoms. The van der Waals surface area contributed by atoms with Crippen molar-refractivity contribution in [1.29, 1.82) is 0 Å². The number of thiazole rings is 1. The molecule has 0 aliphatic carbocycles. The van der Waals surface area contributed by atoms with Crippen molar-refractivity contribution in [3.63, 3.8) is 0 Å². The minimum absolute atomic E-state index is 0.00643. The second-order valence-corrected chi connectivity index (χ2v) is 10.7. The van der Waals surface area contributed by atoms with Crippen molar-refractivity contribution in [2.24, 2.45) is 4.99 Å². The number of benzene rings is 3. The van der Waals surface area contributed by atoms with Gasteiger partial charge in [0.15, 0.2) is 4.80 Å². The number of hydrogen-bond acceptors (Lipinski definition) is 7. The van der Waals surface area contributed by atoms with Gasteiger partial charge in [-0.05, 0) is 48.9 Å². The van der Waals surface area contributed by atoms with Crippen LogP contribution < -0.4 is 24.4 Å². The van der Waals surface area contributed by atoms with Gasteiger partial charge in [-0.2, -0.15) is 8.78 Å². The zero-order valence-electron chi connectivity index (χ0n) is 21.8. The summed E-state index contributed by atoms with van der Waals surface area (Å²) >= 11 is 4.66. The molecule has 3 aromatic carbocycles. The van der Waals surface area contributed by atoms with E-state index < -0.39 is 18.6 Å². The lowest BCUT2D eigenvalue weighted by Crippen LogP contribution is -2.40. The molecule has 1 aromatic heterocycles. The summed E-state index contributed by atoms with van der Waals surface area (Å²) in [6.45, 7) is -1.10. The van der Waals surface area contributed by atoms with Gasteiger partial charge in [-0.25, -0.2) is 9.79 Å². The van der Waals surface area contributed by atoms with Gasteiger partial charge in [0.05, 0.1) is 29.5 Å². The van der Waals surface area contributed by atoms with Crippen LogP contribution in [0, 0.1) is 0 Å². The van der Waals surface area contributed by atoms with Crippen molar-refractivity contribution in [3.05, 3.63) is 119 Å². The van der Waals surface area contributed by atoms with Crippen molar-refractivity contribution in [3.8, 4) is 11.5 Å². The molecular formula is C30H23BrF2N2O5S. The third-order valence-electron chi connectivity index (χ3n) is 6.26. The maximum Gasteiger partial charge on any atom is 0.387 e. The van der Waals surface area contributed by atoms with E-state index >= 15 is 0 Å². The average Bonchev–Trinajstić information content (AvgIpc) is 3.27. The first-order valence-electron chi connectivity index (χ1n) is 12.5. The van der Waals surface area contributed by atoms with E-state index in [0.717, 1.165) is 15.8 Å². The summed E-state index contributed by atoms with van der Waals surface area (Å²) in [6, 6.07) is 19.6. The van der Waals surface area contributed by atoms with Crippen LogP contribution in [0.25, 0.3) is 11.8 Å². The molecule has 1 atom stereocenters. The molecular weight excluding hydrogens is 618 g/mol. The van der Waals surface area contributed by atoms with Gasteiger partial charge in [-0.15, -0.1) is 0 Å². The topological polar surface area (TPSA) is 79.1 Å². The Kier molecular flexibility index (Phi) is 8.46. The van der Waals surface area contributed by atoms with E-state index in [2.05, 4.69) is 20.7 Å². The first kappa shape index (κ1) is 28.4. The highest BCUT2D eigenvalue weighted by Crippen LogP contribution is 2.39. The van der Waals surface area contributed by atoms with Crippen LogP contribution in [0.15, 0.2) is 92.6 Å². The lowest BCUT2D eigenvalue weighted by atomic mass is 9.92. The van der Waals surface area contributed by atoms with Gasteiger partial charge in [0.2, 0.25) is 0 Å². The minimum atomic E-state index is -2.94. The predicted octanol–water partition coefficient (Wildman–Crippen LogP) is 5.31. The van der Waals surface area contributed by atoms with Crippen molar-refractivity contribution in [2.75, 3.05) is 13.7 Å². The van der Waals surface area contributed by atoms with E-state index in [-0.39, 0.29) is 23.5 Å². The minimum Gasteiger partial charge on any atom is -0.496 e. The summed E-state index contributed by atoms with van der Waals surface area (Å²) in [5, 5.41) is 0. The van der Waals surface area contributed by atoms with Crippen molar-refractivity contribution < 1.29 is 27.8 Å². The number of aromatic nitrogens is 1. The molecule has 0 spiro atoms. The highest BCUT2D eigenvalue weighted by atomic mass is 79.9. The number of halogens is 3. The first-order chi connectivity index (χ1) is 19.8. The molecule has 11 heteroatoms. The number of carbonyl (C=O) groups is 1. The Hall–Kier alpha value is -4.09. The molecule has 0 saturated carbocycles. The van der Waals surface area contributed by atoms with E-state index in [4.69, 9.17) is 14.5 Å². The number of carbonyl (C=O) groups excluding carboxylic acids is 1. The van der Waals surface area contributed by atoms with E-state index in [0.29, 0.717) is 37.5 Å². The molecule has 1 aliphatic rings. The fraction of sp³-hybridized carbons (Fsp3) is 0.167. The third-order valence-corrected chi connectivity index (χ3v) is 7.74. The molecule has 0 fully saturated rings. The van der Waals surface area contributed by atoms with Crippen LogP contribution in [0.2, 0.25) is 0 Å².